The zero-order chi connectivity index (χ0) is 15.4. The van der Waals surface area contributed by atoms with Gasteiger partial charge in [-0.2, -0.15) is 0 Å². The van der Waals surface area contributed by atoms with Crippen LogP contribution in [0, 0.1) is 13.8 Å². The van der Waals surface area contributed by atoms with E-state index in [-0.39, 0.29) is 0 Å². The van der Waals surface area contributed by atoms with Gasteiger partial charge in [-0.1, -0.05) is 11.6 Å². The van der Waals surface area contributed by atoms with Crippen molar-refractivity contribution in [3.05, 3.63) is 34.6 Å². The molecule has 2 rings (SSSR count). The van der Waals surface area contributed by atoms with Crippen LogP contribution < -0.4 is 15.4 Å². The second kappa shape index (κ2) is 6.63. The fraction of sp³-hybridized carbons (Fsp3) is 0.333. The summed E-state index contributed by atoms with van der Waals surface area (Å²) >= 11 is 6.03. The minimum absolute atomic E-state index is 0.576. The molecule has 0 bridgehead atoms. The maximum atomic E-state index is 6.03. The Morgan fingerprint density at radius 1 is 1.19 bits per heavy atom. The summed E-state index contributed by atoms with van der Waals surface area (Å²) in [5.74, 6) is 2.94. The first-order valence-corrected chi connectivity index (χ1v) is 7.12. The molecule has 0 saturated carbocycles. The zero-order valence-electron chi connectivity index (χ0n) is 12.6. The molecule has 0 unspecified atom stereocenters. The van der Waals surface area contributed by atoms with Gasteiger partial charge >= 0.3 is 0 Å². The predicted molar refractivity (Wildman–Crippen MR) is 87.0 cm³/mol. The molecule has 1 aromatic carbocycles. The zero-order valence-corrected chi connectivity index (χ0v) is 13.4. The topological polar surface area (TPSA) is 59.1 Å². The Kier molecular flexibility index (Phi) is 4.85. The highest BCUT2D eigenvalue weighted by atomic mass is 35.5. The van der Waals surface area contributed by atoms with Gasteiger partial charge in [0.2, 0.25) is 0 Å². The van der Waals surface area contributed by atoms with Crippen molar-refractivity contribution < 1.29 is 4.74 Å². The SMILES string of the molecule is CCNc1nc(C)nc(Nc2ccc(Cl)c(OC)c2)c1C. The number of nitrogens with one attached hydrogen (secondary N) is 2. The molecule has 0 atom stereocenters. The highest BCUT2D eigenvalue weighted by Gasteiger charge is 2.10. The van der Waals surface area contributed by atoms with Crippen LogP contribution in [0.15, 0.2) is 18.2 Å². The average Bonchev–Trinajstić information content (AvgIpc) is 2.46. The van der Waals surface area contributed by atoms with Gasteiger partial charge in [-0.3, -0.25) is 0 Å². The van der Waals surface area contributed by atoms with Crippen molar-refractivity contribution in [3.8, 4) is 5.75 Å². The van der Waals surface area contributed by atoms with Crippen molar-refractivity contribution in [3.63, 3.8) is 0 Å². The molecule has 0 aliphatic rings. The summed E-state index contributed by atoms with van der Waals surface area (Å²) in [7, 11) is 1.59. The van der Waals surface area contributed by atoms with Gasteiger partial charge < -0.3 is 15.4 Å². The molecule has 0 spiro atoms. The Morgan fingerprint density at radius 3 is 2.57 bits per heavy atom. The Balaban J connectivity index is 2.35. The minimum atomic E-state index is 0.576. The van der Waals surface area contributed by atoms with Crippen molar-refractivity contribution in [2.75, 3.05) is 24.3 Å². The number of halogens is 1. The van der Waals surface area contributed by atoms with Gasteiger partial charge in [0.25, 0.3) is 0 Å². The van der Waals surface area contributed by atoms with Gasteiger partial charge in [-0.15, -0.1) is 0 Å². The maximum absolute atomic E-state index is 6.03. The van der Waals surface area contributed by atoms with Crippen molar-refractivity contribution in [1.82, 2.24) is 9.97 Å². The summed E-state index contributed by atoms with van der Waals surface area (Å²) in [4.78, 5) is 8.86. The van der Waals surface area contributed by atoms with Crippen LogP contribution in [0.25, 0.3) is 0 Å². The fourth-order valence-electron chi connectivity index (χ4n) is 1.96. The first-order valence-electron chi connectivity index (χ1n) is 6.74. The van der Waals surface area contributed by atoms with E-state index in [1.165, 1.54) is 0 Å². The van der Waals surface area contributed by atoms with E-state index in [9.17, 15) is 0 Å². The molecular weight excluding hydrogens is 288 g/mol. The Morgan fingerprint density at radius 2 is 1.90 bits per heavy atom. The predicted octanol–water partition coefficient (Wildman–Crippen LogP) is 3.93. The number of aryl methyl sites for hydroxylation is 1. The molecule has 0 radical (unpaired) electrons. The van der Waals surface area contributed by atoms with Crippen molar-refractivity contribution in [2.45, 2.75) is 20.8 Å². The molecule has 0 fully saturated rings. The van der Waals surface area contributed by atoms with Crippen molar-refractivity contribution >= 4 is 28.9 Å². The van der Waals surface area contributed by atoms with E-state index in [4.69, 9.17) is 16.3 Å². The van der Waals surface area contributed by atoms with Crippen LogP contribution in [0.3, 0.4) is 0 Å². The molecule has 112 valence electrons. The monoisotopic (exact) mass is 306 g/mol. The molecule has 0 aliphatic carbocycles. The smallest absolute Gasteiger partial charge is 0.139 e. The maximum Gasteiger partial charge on any atom is 0.139 e. The second-order valence-corrected chi connectivity index (χ2v) is 5.00. The number of hydrogen-bond donors (Lipinski definition) is 2. The number of benzene rings is 1. The summed E-state index contributed by atoms with van der Waals surface area (Å²) in [6.07, 6.45) is 0. The van der Waals surface area contributed by atoms with Gasteiger partial charge in [-0.05, 0) is 32.9 Å². The number of rotatable bonds is 5. The lowest BCUT2D eigenvalue weighted by molar-refractivity contribution is 0.415. The van der Waals surface area contributed by atoms with Crippen molar-refractivity contribution in [2.24, 2.45) is 0 Å². The van der Waals surface area contributed by atoms with E-state index in [1.807, 2.05) is 32.9 Å². The number of aromatic nitrogens is 2. The molecule has 5 nitrogen and oxygen atoms in total. The lowest BCUT2D eigenvalue weighted by Gasteiger charge is -2.14. The lowest BCUT2D eigenvalue weighted by Crippen LogP contribution is -2.07. The van der Waals surface area contributed by atoms with Gasteiger partial charge in [-0.25, -0.2) is 9.97 Å². The molecule has 0 saturated heterocycles. The van der Waals surface area contributed by atoms with Crippen LogP contribution in [0.2, 0.25) is 5.02 Å². The fourth-order valence-corrected chi connectivity index (χ4v) is 2.16. The summed E-state index contributed by atoms with van der Waals surface area (Å²) in [6, 6.07) is 5.51. The van der Waals surface area contributed by atoms with E-state index in [0.29, 0.717) is 16.6 Å². The molecule has 1 aromatic heterocycles. The van der Waals surface area contributed by atoms with Crippen LogP contribution in [0.5, 0.6) is 5.75 Å². The Hall–Kier alpha value is -2.01. The van der Waals surface area contributed by atoms with E-state index < -0.39 is 0 Å². The third kappa shape index (κ3) is 3.55. The average molecular weight is 307 g/mol. The normalized spacial score (nSPS) is 10.3. The van der Waals surface area contributed by atoms with E-state index in [1.54, 1.807) is 13.2 Å². The van der Waals surface area contributed by atoms with E-state index >= 15 is 0 Å². The molecule has 6 heteroatoms. The summed E-state index contributed by atoms with van der Waals surface area (Å²) in [6.45, 7) is 6.69. The Bertz CT molecular complexity index is 646. The largest absolute Gasteiger partial charge is 0.495 e. The molecule has 21 heavy (non-hydrogen) atoms. The van der Waals surface area contributed by atoms with Crippen LogP contribution in [-0.2, 0) is 0 Å². The summed E-state index contributed by atoms with van der Waals surface area (Å²) in [5, 5.41) is 7.10. The number of anilines is 3. The minimum Gasteiger partial charge on any atom is -0.495 e. The number of methoxy groups -OCH3 is 1. The van der Waals surface area contributed by atoms with Crippen LogP contribution in [0.1, 0.15) is 18.3 Å². The summed E-state index contributed by atoms with van der Waals surface area (Å²) in [5.41, 5.74) is 1.83. The molecule has 0 amide bonds. The van der Waals surface area contributed by atoms with Gasteiger partial charge in [0.15, 0.2) is 0 Å². The van der Waals surface area contributed by atoms with Gasteiger partial charge in [0, 0.05) is 23.9 Å². The quantitative estimate of drug-likeness (QED) is 0.876. The van der Waals surface area contributed by atoms with Gasteiger partial charge in [0.1, 0.15) is 23.2 Å². The van der Waals surface area contributed by atoms with E-state index in [0.717, 1.165) is 29.4 Å². The van der Waals surface area contributed by atoms with Crippen molar-refractivity contribution in [1.29, 1.82) is 0 Å². The van der Waals surface area contributed by atoms with E-state index in [2.05, 4.69) is 20.6 Å². The summed E-state index contributed by atoms with van der Waals surface area (Å²) < 4.78 is 5.22. The molecule has 2 N–H and O–H groups in total. The number of hydrogen-bond acceptors (Lipinski definition) is 5. The highest BCUT2D eigenvalue weighted by molar-refractivity contribution is 6.32. The third-order valence-electron chi connectivity index (χ3n) is 3.02. The lowest BCUT2D eigenvalue weighted by atomic mass is 10.2. The number of ether oxygens (including phenoxy) is 1. The van der Waals surface area contributed by atoms with Crippen LogP contribution in [-0.4, -0.2) is 23.6 Å². The first kappa shape index (κ1) is 15.4. The molecular formula is C15H19ClN4O. The first-order chi connectivity index (χ1) is 10.0. The second-order valence-electron chi connectivity index (χ2n) is 4.60. The standard InChI is InChI=1S/C15H19ClN4O/c1-5-17-14-9(2)15(19-10(3)18-14)20-11-6-7-12(16)13(8-11)21-4/h6-8H,5H2,1-4H3,(H2,17,18,19,20). The van der Waals surface area contributed by atoms with Gasteiger partial charge in [0.05, 0.1) is 12.1 Å². The third-order valence-corrected chi connectivity index (χ3v) is 3.33. The molecule has 2 aromatic rings. The number of nitrogens with zero attached hydrogens (tertiary/aromatic N) is 2. The van der Waals surface area contributed by atoms with Crippen LogP contribution in [0.4, 0.5) is 17.3 Å². The highest BCUT2D eigenvalue weighted by Crippen LogP contribution is 2.30. The molecule has 0 aliphatic heterocycles. The Labute approximate surface area is 129 Å². The van der Waals surface area contributed by atoms with Crippen LogP contribution >= 0.6 is 11.6 Å². The molecule has 1 heterocycles.